The molecule has 1 N–H and O–H groups in total. The molecule has 10 heteroatoms. The summed E-state index contributed by atoms with van der Waals surface area (Å²) in [6.45, 7) is 2.25. The van der Waals surface area contributed by atoms with Gasteiger partial charge >= 0.3 is 6.03 Å². The number of aromatic nitrogens is 2. The molecule has 4 rings (SSSR count). The molecule has 1 saturated heterocycles. The van der Waals surface area contributed by atoms with E-state index in [9.17, 15) is 14.0 Å². The van der Waals surface area contributed by atoms with Crippen molar-refractivity contribution < 1.29 is 18.7 Å². The van der Waals surface area contributed by atoms with Crippen LogP contribution in [0.25, 0.3) is 0 Å². The zero-order valence-electron chi connectivity index (χ0n) is 14.3. The summed E-state index contributed by atoms with van der Waals surface area (Å²) in [5.41, 5.74) is 1.91. The van der Waals surface area contributed by atoms with Crippen LogP contribution in [0.2, 0.25) is 5.02 Å². The van der Waals surface area contributed by atoms with Crippen LogP contribution >= 0.6 is 11.6 Å². The van der Waals surface area contributed by atoms with Crippen LogP contribution in [-0.4, -0.2) is 52.9 Å². The summed E-state index contributed by atoms with van der Waals surface area (Å²) in [5.74, 6) is -0.670. The predicted molar refractivity (Wildman–Crippen MR) is 96.2 cm³/mol. The molecule has 0 spiro atoms. The molecule has 27 heavy (non-hydrogen) atoms. The summed E-state index contributed by atoms with van der Waals surface area (Å²) < 4.78 is 20.2. The lowest BCUT2D eigenvalue weighted by atomic mass is 10.2. The van der Waals surface area contributed by atoms with Gasteiger partial charge in [-0.3, -0.25) is 9.48 Å². The van der Waals surface area contributed by atoms with E-state index in [0.717, 1.165) is 5.69 Å². The SMILES string of the molecule is O=C(Nc1ccc(F)c(Cl)c1)N1CCn2ncc(N3CCOCC3=O)c2C1. The number of nitrogens with zero attached hydrogens (tertiary/aromatic N) is 4. The second kappa shape index (κ2) is 7.16. The average Bonchev–Trinajstić information content (AvgIpc) is 3.08. The van der Waals surface area contributed by atoms with Gasteiger partial charge in [0.2, 0.25) is 0 Å². The first-order chi connectivity index (χ1) is 13.0. The molecular formula is C17H17ClFN5O3. The molecule has 2 aliphatic heterocycles. The van der Waals surface area contributed by atoms with Gasteiger partial charge in [0, 0.05) is 18.8 Å². The molecule has 1 aromatic heterocycles. The van der Waals surface area contributed by atoms with Crippen molar-refractivity contribution in [2.75, 3.05) is 36.5 Å². The van der Waals surface area contributed by atoms with Crippen LogP contribution in [-0.2, 0) is 22.6 Å². The van der Waals surface area contributed by atoms with Gasteiger partial charge in [-0.25, -0.2) is 9.18 Å². The fraction of sp³-hybridized carbons (Fsp3) is 0.353. The second-order valence-corrected chi connectivity index (χ2v) is 6.69. The summed E-state index contributed by atoms with van der Waals surface area (Å²) in [4.78, 5) is 28.0. The fourth-order valence-corrected chi connectivity index (χ4v) is 3.36. The number of hydrogen-bond donors (Lipinski definition) is 1. The van der Waals surface area contributed by atoms with Gasteiger partial charge in [-0.05, 0) is 18.2 Å². The fourth-order valence-electron chi connectivity index (χ4n) is 3.18. The van der Waals surface area contributed by atoms with Gasteiger partial charge in [0.1, 0.15) is 12.4 Å². The first kappa shape index (κ1) is 17.7. The quantitative estimate of drug-likeness (QED) is 0.847. The molecule has 1 aromatic carbocycles. The molecule has 0 atom stereocenters. The lowest BCUT2D eigenvalue weighted by molar-refractivity contribution is -0.125. The highest BCUT2D eigenvalue weighted by molar-refractivity contribution is 6.31. The Kier molecular flexibility index (Phi) is 4.71. The standard InChI is InChI=1S/C17H17ClFN5O3/c18-12-7-11(1-2-13(12)19)21-17(26)22-3-4-24-15(9-22)14(8-20-24)23-5-6-27-10-16(23)25/h1-2,7-8H,3-6,9-10H2,(H,21,26). The minimum Gasteiger partial charge on any atom is -0.370 e. The number of anilines is 2. The molecule has 8 nitrogen and oxygen atoms in total. The third-order valence-electron chi connectivity index (χ3n) is 4.58. The Morgan fingerprint density at radius 2 is 2.15 bits per heavy atom. The van der Waals surface area contributed by atoms with Crippen LogP contribution in [0.15, 0.2) is 24.4 Å². The minimum absolute atomic E-state index is 0.0418. The Morgan fingerprint density at radius 3 is 2.93 bits per heavy atom. The van der Waals surface area contributed by atoms with Crippen molar-refractivity contribution in [3.8, 4) is 0 Å². The van der Waals surface area contributed by atoms with E-state index in [2.05, 4.69) is 10.4 Å². The van der Waals surface area contributed by atoms with E-state index in [1.54, 1.807) is 20.7 Å². The molecular weight excluding hydrogens is 377 g/mol. The Labute approximate surface area is 159 Å². The van der Waals surface area contributed by atoms with Crippen molar-refractivity contribution >= 4 is 34.9 Å². The number of urea groups is 1. The van der Waals surface area contributed by atoms with Crippen molar-refractivity contribution in [2.24, 2.45) is 0 Å². The molecule has 142 valence electrons. The predicted octanol–water partition coefficient (Wildman–Crippen LogP) is 2.09. The van der Waals surface area contributed by atoms with Crippen molar-refractivity contribution in [1.29, 1.82) is 0 Å². The highest BCUT2D eigenvalue weighted by Gasteiger charge is 2.29. The Morgan fingerprint density at radius 1 is 1.30 bits per heavy atom. The van der Waals surface area contributed by atoms with Gasteiger partial charge in [0.25, 0.3) is 5.91 Å². The number of fused-ring (bicyclic) bond motifs is 1. The van der Waals surface area contributed by atoms with E-state index in [1.807, 2.05) is 0 Å². The topological polar surface area (TPSA) is 79.7 Å². The number of morpholine rings is 1. The zero-order valence-corrected chi connectivity index (χ0v) is 15.1. The number of hydrogen-bond acceptors (Lipinski definition) is 4. The highest BCUT2D eigenvalue weighted by Crippen LogP contribution is 2.26. The molecule has 2 aliphatic rings. The van der Waals surface area contributed by atoms with E-state index < -0.39 is 5.82 Å². The normalized spacial score (nSPS) is 17.0. The molecule has 1 fully saturated rings. The van der Waals surface area contributed by atoms with E-state index in [0.29, 0.717) is 44.2 Å². The van der Waals surface area contributed by atoms with Crippen molar-refractivity contribution in [3.05, 3.63) is 40.9 Å². The van der Waals surface area contributed by atoms with Crippen molar-refractivity contribution in [3.63, 3.8) is 0 Å². The number of amides is 3. The summed E-state index contributed by atoms with van der Waals surface area (Å²) in [6.07, 6.45) is 1.65. The first-order valence-electron chi connectivity index (χ1n) is 8.46. The molecule has 0 unspecified atom stereocenters. The molecule has 2 aromatic rings. The summed E-state index contributed by atoms with van der Waals surface area (Å²) in [5, 5.41) is 6.99. The van der Waals surface area contributed by atoms with Crippen LogP contribution in [0.4, 0.5) is 20.6 Å². The zero-order chi connectivity index (χ0) is 19.0. The summed E-state index contributed by atoms with van der Waals surface area (Å²) in [6, 6.07) is 3.68. The summed E-state index contributed by atoms with van der Waals surface area (Å²) >= 11 is 5.76. The molecule has 0 radical (unpaired) electrons. The third kappa shape index (κ3) is 3.47. The number of rotatable bonds is 2. The maximum atomic E-state index is 13.3. The molecule has 0 bridgehead atoms. The van der Waals surface area contributed by atoms with Gasteiger partial charge in [0.15, 0.2) is 0 Å². The number of carbonyl (C=O) groups is 2. The lowest BCUT2D eigenvalue weighted by Gasteiger charge is -2.31. The number of benzene rings is 1. The average molecular weight is 394 g/mol. The molecule has 0 saturated carbocycles. The smallest absolute Gasteiger partial charge is 0.322 e. The lowest BCUT2D eigenvalue weighted by Crippen LogP contribution is -2.44. The monoisotopic (exact) mass is 393 g/mol. The van der Waals surface area contributed by atoms with Gasteiger partial charge in [0.05, 0.1) is 42.3 Å². The van der Waals surface area contributed by atoms with Crippen molar-refractivity contribution in [1.82, 2.24) is 14.7 Å². The van der Waals surface area contributed by atoms with Crippen LogP contribution in [0.3, 0.4) is 0 Å². The highest BCUT2D eigenvalue weighted by atomic mass is 35.5. The molecule has 3 heterocycles. The van der Waals surface area contributed by atoms with E-state index in [-0.39, 0.29) is 23.6 Å². The third-order valence-corrected chi connectivity index (χ3v) is 4.87. The Bertz CT molecular complexity index is 903. The van der Waals surface area contributed by atoms with Crippen LogP contribution in [0, 0.1) is 5.82 Å². The van der Waals surface area contributed by atoms with Crippen LogP contribution in [0.5, 0.6) is 0 Å². The minimum atomic E-state index is -0.545. The molecule has 3 amide bonds. The Balaban J connectivity index is 1.50. The number of halogens is 2. The number of nitrogens with one attached hydrogen (secondary N) is 1. The van der Waals surface area contributed by atoms with E-state index in [1.165, 1.54) is 18.2 Å². The van der Waals surface area contributed by atoms with Crippen LogP contribution < -0.4 is 10.2 Å². The number of carbonyl (C=O) groups excluding carboxylic acids is 2. The second-order valence-electron chi connectivity index (χ2n) is 6.28. The number of ether oxygens (including phenoxy) is 1. The first-order valence-corrected chi connectivity index (χ1v) is 8.84. The van der Waals surface area contributed by atoms with E-state index >= 15 is 0 Å². The maximum Gasteiger partial charge on any atom is 0.322 e. The maximum absolute atomic E-state index is 13.3. The summed E-state index contributed by atoms with van der Waals surface area (Å²) in [7, 11) is 0. The van der Waals surface area contributed by atoms with Gasteiger partial charge in [-0.15, -0.1) is 0 Å². The van der Waals surface area contributed by atoms with Gasteiger partial charge in [-0.2, -0.15) is 5.10 Å². The largest absolute Gasteiger partial charge is 0.370 e. The van der Waals surface area contributed by atoms with Crippen molar-refractivity contribution in [2.45, 2.75) is 13.1 Å². The van der Waals surface area contributed by atoms with E-state index in [4.69, 9.17) is 16.3 Å². The van der Waals surface area contributed by atoms with Crippen LogP contribution in [0.1, 0.15) is 5.69 Å². The molecule has 0 aliphatic carbocycles. The van der Waals surface area contributed by atoms with Gasteiger partial charge in [-0.1, -0.05) is 11.6 Å². The van der Waals surface area contributed by atoms with Gasteiger partial charge < -0.3 is 19.9 Å². The Hall–Kier alpha value is -2.65.